The van der Waals surface area contributed by atoms with Crippen molar-refractivity contribution < 1.29 is 12.9 Å². The van der Waals surface area contributed by atoms with Crippen LogP contribution < -0.4 is 0 Å². The predicted molar refractivity (Wildman–Crippen MR) is 36.2 cm³/mol. The SMILES string of the molecule is CCC(C)COS(=O)O. The van der Waals surface area contributed by atoms with E-state index >= 15 is 0 Å². The quantitative estimate of drug-likeness (QED) is 0.615. The van der Waals surface area contributed by atoms with Crippen molar-refractivity contribution in [1.82, 2.24) is 0 Å². The van der Waals surface area contributed by atoms with Crippen molar-refractivity contribution in [3.05, 3.63) is 0 Å². The summed E-state index contributed by atoms with van der Waals surface area (Å²) >= 11 is -2.09. The molecule has 0 aliphatic carbocycles. The average molecular weight is 152 g/mol. The van der Waals surface area contributed by atoms with Gasteiger partial charge in [-0.05, 0) is 5.92 Å². The van der Waals surface area contributed by atoms with Crippen LogP contribution in [0.25, 0.3) is 0 Å². The Morgan fingerprint density at radius 2 is 2.33 bits per heavy atom. The van der Waals surface area contributed by atoms with Gasteiger partial charge in [0.1, 0.15) is 0 Å². The number of rotatable bonds is 4. The highest BCUT2D eigenvalue weighted by Gasteiger charge is 1.99. The molecule has 0 fully saturated rings. The highest BCUT2D eigenvalue weighted by molar-refractivity contribution is 7.74. The first-order chi connectivity index (χ1) is 4.16. The van der Waals surface area contributed by atoms with E-state index in [1.54, 1.807) is 0 Å². The lowest BCUT2D eigenvalue weighted by Crippen LogP contribution is -2.05. The molecule has 0 amide bonds. The van der Waals surface area contributed by atoms with E-state index in [1.165, 1.54) is 0 Å². The monoisotopic (exact) mass is 152 g/mol. The highest BCUT2D eigenvalue weighted by Crippen LogP contribution is 2.00. The molecule has 0 rings (SSSR count). The fourth-order valence-corrected chi connectivity index (χ4v) is 0.641. The van der Waals surface area contributed by atoms with Crippen LogP contribution >= 0.6 is 0 Å². The Balaban J connectivity index is 3.16. The van der Waals surface area contributed by atoms with Crippen LogP contribution in [0.4, 0.5) is 0 Å². The molecule has 0 saturated carbocycles. The lowest BCUT2D eigenvalue weighted by atomic mass is 10.1. The summed E-state index contributed by atoms with van der Waals surface area (Å²) in [5.41, 5.74) is 0. The Labute approximate surface area is 57.9 Å². The fraction of sp³-hybridized carbons (Fsp3) is 1.00. The van der Waals surface area contributed by atoms with Gasteiger partial charge in [0.05, 0.1) is 6.61 Å². The molecule has 2 atom stereocenters. The lowest BCUT2D eigenvalue weighted by molar-refractivity contribution is 0.254. The van der Waals surface area contributed by atoms with Gasteiger partial charge in [-0.15, -0.1) is 0 Å². The Morgan fingerprint density at radius 1 is 1.78 bits per heavy atom. The molecule has 9 heavy (non-hydrogen) atoms. The highest BCUT2D eigenvalue weighted by atomic mass is 32.2. The maximum atomic E-state index is 9.91. The first-order valence-electron chi connectivity index (χ1n) is 2.91. The van der Waals surface area contributed by atoms with Crippen LogP contribution in [0.2, 0.25) is 0 Å². The second-order valence-electron chi connectivity index (χ2n) is 2.02. The Morgan fingerprint density at radius 3 is 2.67 bits per heavy atom. The van der Waals surface area contributed by atoms with Crippen LogP contribution in [0.3, 0.4) is 0 Å². The van der Waals surface area contributed by atoms with Crippen LogP contribution in [-0.2, 0) is 15.5 Å². The van der Waals surface area contributed by atoms with Gasteiger partial charge in [0.25, 0.3) is 0 Å². The summed E-state index contributed by atoms with van der Waals surface area (Å²) in [6.07, 6.45) is 0.969. The van der Waals surface area contributed by atoms with E-state index in [1.807, 2.05) is 13.8 Å². The normalized spacial score (nSPS) is 17.2. The van der Waals surface area contributed by atoms with Crippen molar-refractivity contribution in [3.63, 3.8) is 0 Å². The molecule has 0 spiro atoms. The Bertz CT molecular complexity index is 94.2. The van der Waals surface area contributed by atoms with Gasteiger partial charge >= 0.3 is 11.4 Å². The zero-order valence-electron chi connectivity index (χ0n) is 5.66. The fourth-order valence-electron chi connectivity index (χ4n) is 0.292. The number of hydrogen-bond donors (Lipinski definition) is 1. The van der Waals surface area contributed by atoms with E-state index in [4.69, 9.17) is 4.55 Å². The molecule has 2 unspecified atom stereocenters. The maximum absolute atomic E-state index is 9.91. The topological polar surface area (TPSA) is 46.5 Å². The Hall–Kier alpha value is 0.0700. The first kappa shape index (κ1) is 9.07. The van der Waals surface area contributed by atoms with E-state index in [2.05, 4.69) is 4.18 Å². The summed E-state index contributed by atoms with van der Waals surface area (Å²) in [4.78, 5) is 0. The standard InChI is InChI=1S/C5H12O3S/c1-3-5(2)4-8-9(6)7/h5H,3-4H2,1-2H3,(H,6,7). The van der Waals surface area contributed by atoms with E-state index in [-0.39, 0.29) is 0 Å². The lowest BCUT2D eigenvalue weighted by Gasteiger charge is -2.04. The van der Waals surface area contributed by atoms with E-state index in [0.29, 0.717) is 12.5 Å². The van der Waals surface area contributed by atoms with Crippen LogP contribution in [0.1, 0.15) is 20.3 Å². The first-order valence-corrected chi connectivity index (χ1v) is 3.94. The minimum absolute atomic E-state index is 0.361. The second-order valence-corrected chi connectivity index (χ2v) is 2.68. The van der Waals surface area contributed by atoms with Gasteiger partial charge in [0, 0.05) is 0 Å². The summed E-state index contributed by atoms with van der Waals surface area (Å²) in [5.74, 6) is 0.362. The molecular formula is C5H12O3S. The molecule has 56 valence electrons. The van der Waals surface area contributed by atoms with Gasteiger partial charge < -0.3 is 0 Å². The van der Waals surface area contributed by atoms with E-state index in [0.717, 1.165) is 6.42 Å². The zero-order chi connectivity index (χ0) is 7.28. The Kier molecular flexibility index (Phi) is 4.94. The van der Waals surface area contributed by atoms with E-state index < -0.39 is 11.4 Å². The number of hydrogen-bond acceptors (Lipinski definition) is 2. The molecule has 0 bridgehead atoms. The zero-order valence-corrected chi connectivity index (χ0v) is 6.48. The van der Waals surface area contributed by atoms with Crippen molar-refractivity contribution in [2.75, 3.05) is 6.61 Å². The molecule has 4 heteroatoms. The van der Waals surface area contributed by atoms with Crippen molar-refractivity contribution in [2.45, 2.75) is 20.3 Å². The molecule has 0 aliphatic heterocycles. The summed E-state index contributed by atoms with van der Waals surface area (Å²) < 4.78 is 22.5. The maximum Gasteiger partial charge on any atom is 0.301 e. The molecule has 0 aromatic rings. The molecule has 0 aliphatic rings. The van der Waals surface area contributed by atoms with Crippen LogP contribution in [0.15, 0.2) is 0 Å². The molecule has 0 aromatic carbocycles. The summed E-state index contributed by atoms with van der Waals surface area (Å²) in [6.45, 7) is 4.33. The van der Waals surface area contributed by atoms with Crippen molar-refractivity contribution in [3.8, 4) is 0 Å². The average Bonchev–Trinajstić information content (AvgIpc) is 1.83. The van der Waals surface area contributed by atoms with Gasteiger partial charge in [-0.25, -0.2) is 0 Å². The molecule has 1 N–H and O–H groups in total. The van der Waals surface area contributed by atoms with Gasteiger partial charge in [-0.1, -0.05) is 20.3 Å². The van der Waals surface area contributed by atoms with Crippen molar-refractivity contribution >= 4 is 11.4 Å². The van der Waals surface area contributed by atoms with E-state index in [9.17, 15) is 4.21 Å². The van der Waals surface area contributed by atoms with Crippen LogP contribution in [0.5, 0.6) is 0 Å². The molecule has 3 nitrogen and oxygen atoms in total. The second kappa shape index (κ2) is 4.90. The summed E-state index contributed by atoms with van der Waals surface area (Å²) in [6, 6.07) is 0. The molecule has 0 aromatic heterocycles. The summed E-state index contributed by atoms with van der Waals surface area (Å²) in [5, 5.41) is 0. The molecule has 0 heterocycles. The van der Waals surface area contributed by atoms with Gasteiger partial charge in [0.15, 0.2) is 0 Å². The predicted octanol–water partition coefficient (Wildman–Crippen LogP) is 1.19. The van der Waals surface area contributed by atoms with Crippen LogP contribution in [0, 0.1) is 5.92 Å². The van der Waals surface area contributed by atoms with Crippen molar-refractivity contribution in [2.24, 2.45) is 5.92 Å². The van der Waals surface area contributed by atoms with Gasteiger partial charge in [-0.2, -0.15) is 4.21 Å². The van der Waals surface area contributed by atoms with Crippen LogP contribution in [-0.4, -0.2) is 15.4 Å². The smallest absolute Gasteiger partial charge is 0.284 e. The molecule has 0 saturated heterocycles. The van der Waals surface area contributed by atoms with Crippen molar-refractivity contribution in [1.29, 1.82) is 0 Å². The minimum Gasteiger partial charge on any atom is -0.284 e. The largest absolute Gasteiger partial charge is 0.301 e. The third-order valence-corrected chi connectivity index (χ3v) is 1.49. The third-order valence-electron chi connectivity index (χ3n) is 1.15. The third kappa shape index (κ3) is 5.95. The van der Waals surface area contributed by atoms with Gasteiger partial charge in [-0.3, -0.25) is 8.74 Å². The molecule has 0 radical (unpaired) electrons. The minimum atomic E-state index is -2.09. The van der Waals surface area contributed by atoms with Gasteiger partial charge in [0.2, 0.25) is 0 Å². The molecular weight excluding hydrogens is 140 g/mol. The summed E-state index contributed by atoms with van der Waals surface area (Å²) in [7, 11) is 0.